The molecule has 0 atom stereocenters. The van der Waals surface area contributed by atoms with E-state index in [1.54, 1.807) is 0 Å². The molecule has 1 N–H and O–H groups in total. The number of aryl methyl sites for hydroxylation is 1. The SMILES string of the molecule is Cn1ccnc1CN(CCO)Cc1cncn1C1CCCCC1. The Morgan fingerprint density at radius 3 is 2.78 bits per heavy atom. The van der Waals surface area contributed by atoms with Crippen molar-refractivity contribution in [2.45, 2.75) is 51.2 Å². The van der Waals surface area contributed by atoms with Crippen LogP contribution in [-0.4, -0.2) is 42.3 Å². The molecule has 0 aliphatic heterocycles. The zero-order valence-electron chi connectivity index (χ0n) is 13.9. The Hall–Kier alpha value is -1.66. The van der Waals surface area contributed by atoms with Gasteiger partial charge in [-0.05, 0) is 12.8 Å². The lowest BCUT2D eigenvalue weighted by Crippen LogP contribution is -2.29. The summed E-state index contributed by atoms with van der Waals surface area (Å²) in [4.78, 5) is 11.0. The smallest absolute Gasteiger partial charge is 0.122 e. The fourth-order valence-electron chi connectivity index (χ4n) is 3.48. The molecule has 6 nitrogen and oxygen atoms in total. The standard InChI is InChI=1S/C17H27N5O/c1-20-8-7-19-17(20)13-21(9-10-23)12-16-11-18-14-22(16)15-5-3-2-4-6-15/h7-8,11,14-15,23H,2-6,9-10,12-13H2,1H3. The van der Waals surface area contributed by atoms with Crippen molar-refractivity contribution in [3.05, 3.63) is 36.4 Å². The van der Waals surface area contributed by atoms with E-state index in [1.807, 2.05) is 36.5 Å². The second-order valence-electron chi connectivity index (χ2n) is 6.47. The summed E-state index contributed by atoms with van der Waals surface area (Å²) < 4.78 is 4.38. The van der Waals surface area contributed by atoms with Gasteiger partial charge >= 0.3 is 0 Å². The van der Waals surface area contributed by atoms with Crippen molar-refractivity contribution >= 4 is 0 Å². The second-order valence-corrected chi connectivity index (χ2v) is 6.47. The zero-order valence-corrected chi connectivity index (χ0v) is 13.9. The lowest BCUT2D eigenvalue weighted by Gasteiger charge is -2.27. The van der Waals surface area contributed by atoms with Crippen LogP contribution in [0.2, 0.25) is 0 Å². The molecule has 0 aromatic carbocycles. The van der Waals surface area contributed by atoms with Gasteiger partial charge in [0.25, 0.3) is 0 Å². The van der Waals surface area contributed by atoms with E-state index in [0.29, 0.717) is 12.6 Å². The van der Waals surface area contributed by atoms with Gasteiger partial charge in [0.05, 0.1) is 25.2 Å². The lowest BCUT2D eigenvalue weighted by atomic mass is 9.95. The molecule has 1 aliphatic carbocycles. The van der Waals surface area contributed by atoms with Crippen LogP contribution in [0.5, 0.6) is 0 Å². The third-order valence-corrected chi connectivity index (χ3v) is 4.80. The van der Waals surface area contributed by atoms with Gasteiger partial charge in [-0.3, -0.25) is 4.90 Å². The van der Waals surface area contributed by atoms with Gasteiger partial charge in [0.1, 0.15) is 5.82 Å². The van der Waals surface area contributed by atoms with Crippen molar-refractivity contribution in [3.8, 4) is 0 Å². The molecule has 2 aromatic rings. The van der Waals surface area contributed by atoms with Crippen LogP contribution in [0.4, 0.5) is 0 Å². The summed E-state index contributed by atoms with van der Waals surface area (Å²) in [6.45, 7) is 2.33. The van der Waals surface area contributed by atoms with Gasteiger partial charge in [0.2, 0.25) is 0 Å². The predicted octanol–water partition coefficient (Wildman–Crippen LogP) is 2.12. The molecule has 0 spiro atoms. The van der Waals surface area contributed by atoms with Crippen LogP contribution >= 0.6 is 0 Å². The Morgan fingerprint density at radius 2 is 2.09 bits per heavy atom. The number of imidazole rings is 2. The Morgan fingerprint density at radius 1 is 1.26 bits per heavy atom. The maximum absolute atomic E-state index is 9.39. The molecule has 1 aliphatic rings. The van der Waals surface area contributed by atoms with Crippen LogP contribution in [0.15, 0.2) is 24.9 Å². The van der Waals surface area contributed by atoms with Gasteiger partial charge in [0.15, 0.2) is 0 Å². The van der Waals surface area contributed by atoms with Gasteiger partial charge in [-0.15, -0.1) is 0 Å². The molecule has 0 saturated heterocycles. The summed E-state index contributed by atoms with van der Waals surface area (Å²) in [5.74, 6) is 1.02. The molecule has 0 unspecified atom stereocenters. The average Bonchev–Trinajstić information content (AvgIpc) is 3.18. The Labute approximate surface area is 137 Å². The van der Waals surface area contributed by atoms with E-state index >= 15 is 0 Å². The van der Waals surface area contributed by atoms with Gasteiger partial charge in [0, 0.05) is 44.8 Å². The van der Waals surface area contributed by atoms with E-state index in [1.165, 1.54) is 37.8 Å². The monoisotopic (exact) mass is 317 g/mol. The molecule has 23 heavy (non-hydrogen) atoms. The Balaban J connectivity index is 1.70. The van der Waals surface area contributed by atoms with Crippen LogP contribution in [0.1, 0.15) is 49.7 Å². The highest BCUT2D eigenvalue weighted by atomic mass is 16.3. The maximum atomic E-state index is 9.39. The molecule has 0 bridgehead atoms. The molecule has 0 amide bonds. The average molecular weight is 317 g/mol. The molecule has 1 saturated carbocycles. The Kier molecular flexibility index (Phi) is 5.46. The highest BCUT2D eigenvalue weighted by molar-refractivity contribution is 5.02. The third kappa shape index (κ3) is 4.00. The third-order valence-electron chi connectivity index (χ3n) is 4.80. The first kappa shape index (κ1) is 16.2. The molecule has 0 radical (unpaired) electrons. The maximum Gasteiger partial charge on any atom is 0.122 e. The fourth-order valence-corrected chi connectivity index (χ4v) is 3.48. The minimum absolute atomic E-state index is 0.155. The van der Waals surface area contributed by atoms with Crippen LogP contribution in [0, 0.1) is 0 Å². The first-order valence-corrected chi connectivity index (χ1v) is 8.58. The summed E-state index contributed by atoms with van der Waals surface area (Å²) in [5, 5.41) is 9.39. The van der Waals surface area contributed by atoms with Crippen LogP contribution in [-0.2, 0) is 20.1 Å². The van der Waals surface area contributed by atoms with Gasteiger partial charge in [-0.25, -0.2) is 9.97 Å². The summed E-state index contributed by atoms with van der Waals surface area (Å²) >= 11 is 0. The number of aliphatic hydroxyl groups excluding tert-OH is 1. The number of nitrogens with zero attached hydrogens (tertiary/aromatic N) is 5. The minimum Gasteiger partial charge on any atom is -0.395 e. The zero-order chi connectivity index (χ0) is 16.1. The number of hydrogen-bond acceptors (Lipinski definition) is 4. The van der Waals surface area contributed by atoms with E-state index in [2.05, 4.69) is 19.4 Å². The highest BCUT2D eigenvalue weighted by Crippen LogP contribution is 2.29. The molecule has 126 valence electrons. The normalized spacial score (nSPS) is 16.3. The molecular weight excluding hydrogens is 290 g/mol. The van der Waals surface area contributed by atoms with Crippen molar-refractivity contribution < 1.29 is 5.11 Å². The van der Waals surface area contributed by atoms with E-state index in [0.717, 1.165) is 18.9 Å². The number of rotatable bonds is 7. The quantitative estimate of drug-likeness (QED) is 0.850. The Bertz CT molecular complexity index is 600. The van der Waals surface area contributed by atoms with Gasteiger partial charge in [-0.2, -0.15) is 0 Å². The van der Waals surface area contributed by atoms with Gasteiger partial charge in [-0.1, -0.05) is 19.3 Å². The molecule has 1 fully saturated rings. The van der Waals surface area contributed by atoms with Crippen molar-refractivity contribution in [1.29, 1.82) is 0 Å². The first-order valence-electron chi connectivity index (χ1n) is 8.58. The topological polar surface area (TPSA) is 59.1 Å². The van der Waals surface area contributed by atoms with Crippen molar-refractivity contribution in [3.63, 3.8) is 0 Å². The van der Waals surface area contributed by atoms with Crippen molar-refractivity contribution in [2.24, 2.45) is 7.05 Å². The van der Waals surface area contributed by atoms with Crippen LogP contribution in [0.25, 0.3) is 0 Å². The second kappa shape index (κ2) is 7.75. The molecule has 3 rings (SSSR count). The lowest BCUT2D eigenvalue weighted by molar-refractivity contribution is 0.175. The highest BCUT2D eigenvalue weighted by Gasteiger charge is 2.19. The van der Waals surface area contributed by atoms with Crippen molar-refractivity contribution in [1.82, 2.24) is 24.0 Å². The summed E-state index contributed by atoms with van der Waals surface area (Å²) in [5.41, 5.74) is 1.24. The fraction of sp³-hybridized carbons (Fsp3) is 0.647. The number of aromatic nitrogens is 4. The number of hydrogen-bond donors (Lipinski definition) is 1. The largest absolute Gasteiger partial charge is 0.395 e. The van der Waals surface area contributed by atoms with Crippen molar-refractivity contribution in [2.75, 3.05) is 13.2 Å². The summed E-state index contributed by atoms with van der Waals surface area (Å²) in [7, 11) is 2.01. The summed E-state index contributed by atoms with van der Waals surface area (Å²) in [6, 6.07) is 0.588. The van der Waals surface area contributed by atoms with Crippen LogP contribution in [0.3, 0.4) is 0 Å². The predicted molar refractivity (Wildman–Crippen MR) is 88.8 cm³/mol. The molecule has 6 heteroatoms. The van der Waals surface area contributed by atoms with Gasteiger partial charge < -0.3 is 14.2 Å². The molecular formula is C17H27N5O. The summed E-state index contributed by atoms with van der Waals surface area (Å²) in [6.07, 6.45) is 14.2. The van der Waals surface area contributed by atoms with E-state index in [4.69, 9.17) is 0 Å². The minimum atomic E-state index is 0.155. The molecule has 2 aromatic heterocycles. The first-order chi connectivity index (χ1) is 11.3. The molecule has 2 heterocycles. The van der Waals surface area contributed by atoms with E-state index < -0.39 is 0 Å². The van der Waals surface area contributed by atoms with E-state index in [-0.39, 0.29) is 6.61 Å². The number of aliphatic hydroxyl groups is 1. The van der Waals surface area contributed by atoms with Crippen LogP contribution < -0.4 is 0 Å². The van der Waals surface area contributed by atoms with E-state index in [9.17, 15) is 5.11 Å².